The molecule has 1 heterocycles. The molecular weight excluding hydrogens is 538 g/mol. The molecule has 4 aromatic rings. The summed E-state index contributed by atoms with van der Waals surface area (Å²) in [5.74, 6) is -1.55. The molecule has 0 atom stereocenters. The van der Waals surface area contributed by atoms with Gasteiger partial charge >= 0.3 is 5.97 Å². The lowest BCUT2D eigenvalue weighted by Crippen LogP contribution is -2.28. The van der Waals surface area contributed by atoms with Crippen LogP contribution in [-0.4, -0.2) is 35.0 Å². The number of benzene rings is 3. The summed E-state index contributed by atoms with van der Waals surface area (Å²) in [6, 6.07) is 22.2. The van der Waals surface area contributed by atoms with Crippen LogP contribution in [0.3, 0.4) is 0 Å². The van der Waals surface area contributed by atoms with E-state index in [0.717, 1.165) is 16.5 Å². The van der Waals surface area contributed by atoms with Crippen molar-refractivity contribution in [2.24, 2.45) is 0 Å². The zero-order chi connectivity index (χ0) is 26.4. The molecule has 2 amide bonds. The average molecular weight is 560 g/mol. The number of phenols is 1. The number of ether oxygens (including phenoxy) is 1. The van der Waals surface area contributed by atoms with E-state index < -0.39 is 11.9 Å². The zero-order valence-corrected chi connectivity index (χ0v) is 21.3. The van der Waals surface area contributed by atoms with Gasteiger partial charge in [-0.05, 0) is 70.0 Å². The van der Waals surface area contributed by atoms with Gasteiger partial charge in [0.25, 0.3) is 11.8 Å². The van der Waals surface area contributed by atoms with Crippen LogP contribution in [0.1, 0.15) is 32.0 Å². The zero-order valence-electron chi connectivity index (χ0n) is 19.7. The number of amides is 2. The Kier molecular flexibility index (Phi) is 7.95. The van der Waals surface area contributed by atoms with Gasteiger partial charge in [-0.3, -0.25) is 9.59 Å². The summed E-state index contributed by atoms with van der Waals surface area (Å²) >= 11 is 3.34. The topological polar surface area (TPSA) is 118 Å². The van der Waals surface area contributed by atoms with Crippen molar-refractivity contribution in [2.45, 2.75) is 6.54 Å². The Morgan fingerprint density at radius 2 is 1.78 bits per heavy atom. The van der Waals surface area contributed by atoms with Crippen LogP contribution < -0.4 is 10.6 Å². The Hall–Kier alpha value is -4.50. The number of carbonyl (C=O) groups excluding carboxylic acids is 3. The van der Waals surface area contributed by atoms with E-state index in [0.29, 0.717) is 15.7 Å². The summed E-state index contributed by atoms with van der Waals surface area (Å²) < 4.78 is 5.19. The monoisotopic (exact) mass is 559 g/mol. The summed E-state index contributed by atoms with van der Waals surface area (Å²) in [5.41, 5.74) is 2.41. The first-order valence-electron chi connectivity index (χ1n) is 11.2. The summed E-state index contributed by atoms with van der Waals surface area (Å²) in [4.78, 5) is 42.4. The van der Waals surface area contributed by atoms with E-state index in [1.54, 1.807) is 30.3 Å². The molecule has 9 heteroatoms. The van der Waals surface area contributed by atoms with Crippen molar-refractivity contribution in [1.82, 2.24) is 15.6 Å². The number of halogens is 1. The Bertz CT molecular complexity index is 1530. The first-order chi connectivity index (χ1) is 17.8. The third kappa shape index (κ3) is 6.39. The van der Waals surface area contributed by atoms with E-state index in [1.165, 1.54) is 31.4 Å². The minimum absolute atomic E-state index is 0.0879. The Morgan fingerprint density at radius 1 is 0.973 bits per heavy atom. The molecule has 0 spiro atoms. The molecule has 3 N–H and O–H groups in total. The molecule has 0 bridgehead atoms. The van der Waals surface area contributed by atoms with Crippen molar-refractivity contribution >= 4 is 50.7 Å². The average Bonchev–Trinajstić information content (AvgIpc) is 2.90. The van der Waals surface area contributed by atoms with Gasteiger partial charge in [0, 0.05) is 22.0 Å². The standard InChI is InChI=1S/C28H22BrN3O5/c1-37-28(36)25(15-20-11-9-18-6-2-3-8-24(18)31-20)32-27(35)22-12-10-19(14-23(22)29)26(34)30-16-17-5-4-7-21(33)13-17/h2-15,33H,16H2,1H3,(H,30,34)(H,32,35). The van der Waals surface area contributed by atoms with E-state index in [4.69, 9.17) is 4.74 Å². The molecule has 0 unspecified atom stereocenters. The fourth-order valence-electron chi connectivity index (χ4n) is 3.55. The summed E-state index contributed by atoms with van der Waals surface area (Å²) in [5, 5.41) is 15.8. The minimum Gasteiger partial charge on any atom is -0.508 e. The highest BCUT2D eigenvalue weighted by Gasteiger charge is 2.18. The molecule has 37 heavy (non-hydrogen) atoms. The van der Waals surface area contributed by atoms with Crippen molar-refractivity contribution in [3.8, 4) is 5.75 Å². The maximum atomic E-state index is 13.0. The second-order valence-corrected chi connectivity index (χ2v) is 8.83. The molecule has 0 fully saturated rings. The predicted octanol–water partition coefficient (Wildman–Crippen LogP) is 4.58. The number of hydrogen-bond donors (Lipinski definition) is 3. The number of aromatic hydroxyl groups is 1. The number of carbonyl (C=O) groups is 3. The van der Waals surface area contributed by atoms with Crippen molar-refractivity contribution in [3.63, 3.8) is 0 Å². The van der Waals surface area contributed by atoms with Crippen molar-refractivity contribution in [3.05, 3.63) is 111 Å². The van der Waals surface area contributed by atoms with Gasteiger partial charge in [0.05, 0.1) is 23.9 Å². The summed E-state index contributed by atoms with van der Waals surface area (Å²) in [6.07, 6.45) is 1.44. The van der Waals surface area contributed by atoms with E-state index in [-0.39, 0.29) is 29.5 Å². The molecule has 8 nitrogen and oxygen atoms in total. The maximum absolute atomic E-state index is 13.0. The quantitative estimate of drug-likeness (QED) is 0.225. The third-order valence-electron chi connectivity index (χ3n) is 5.41. The number of fused-ring (bicyclic) bond motifs is 1. The number of hydrogen-bond acceptors (Lipinski definition) is 6. The molecule has 4 rings (SSSR count). The van der Waals surface area contributed by atoms with Crippen LogP contribution in [0, 0.1) is 0 Å². The molecule has 186 valence electrons. The predicted molar refractivity (Wildman–Crippen MR) is 143 cm³/mol. The number of methoxy groups -OCH3 is 1. The van der Waals surface area contributed by atoms with Crippen LogP contribution >= 0.6 is 15.9 Å². The maximum Gasteiger partial charge on any atom is 0.354 e. The van der Waals surface area contributed by atoms with Crippen LogP contribution in [0.5, 0.6) is 5.75 Å². The van der Waals surface area contributed by atoms with Crippen LogP contribution in [0.25, 0.3) is 17.0 Å². The highest BCUT2D eigenvalue weighted by molar-refractivity contribution is 9.10. The number of aromatic nitrogens is 1. The molecule has 1 aromatic heterocycles. The van der Waals surface area contributed by atoms with E-state index in [2.05, 4.69) is 31.5 Å². The van der Waals surface area contributed by atoms with Crippen molar-refractivity contribution < 1.29 is 24.2 Å². The first kappa shape index (κ1) is 25.6. The number of para-hydroxylation sites is 1. The van der Waals surface area contributed by atoms with Gasteiger partial charge in [-0.1, -0.05) is 36.4 Å². The second-order valence-electron chi connectivity index (χ2n) is 7.98. The summed E-state index contributed by atoms with van der Waals surface area (Å²) in [7, 11) is 1.22. The largest absolute Gasteiger partial charge is 0.508 e. The van der Waals surface area contributed by atoms with E-state index in [1.807, 2.05) is 30.3 Å². The van der Waals surface area contributed by atoms with Crippen LogP contribution in [0.4, 0.5) is 0 Å². The lowest BCUT2D eigenvalue weighted by Gasteiger charge is -2.11. The molecular formula is C28H22BrN3O5. The SMILES string of the molecule is COC(=O)C(=Cc1ccc2ccccc2n1)NC(=O)c1ccc(C(=O)NCc2cccc(O)c2)cc1Br. The molecule has 0 saturated carbocycles. The molecule has 0 radical (unpaired) electrons. The number of esters is 1. The van der Waals surface area contributed by atoms with Gasteiger partial charge in [-0.25, -0.2) is 9.78 Å². The lowest BCUT2D eigenvalue weighted by molar-refractivity contribution is -0.136. The minimum atomic E-state index is -0.734. The fraction of sp³-hybridized carbons (Fsp3) is 0.0714. The number of nitrogens with one attached hydrogen (secondary N) is 2. The molecule has 3 aromatic carbocycles. The number of phenolic OH excluding ortho intramolecular Hbond substituents is 1. The van der Waals surface area contributed by atoms with Gasteiger partial charge in [0.1, 0.15) is 11.4 Å². The Balaban J connectivity index is 1.50. The van der Waals surface area contributed by atoms with Gasteiger partial charge in [0.2, 0.25) is 0 Å². The highest BCUT2D eigenvalue weighted by atomic mass is 79.9. The normalized spacial score (nSPS) is 11.1. The smallest absolute Gasteiger partial charge is 0.354 e. The van der Waals surface area contributed by atoms with Crippen molar-refractivity contribution in [2.75, 3.05) is 7.11 Å². The molecule has 0 aliphatic carbocycles. The number of nitrogens with zero attached hydrogens (tertiary/aromatic N) is 1. The Labute approximate surface area is 221 Å². The van der Waals surface area contributed by atoms with Gasteiger partial charge < -0.3 is 20.5 Å². The van der Waals surface area contributed by atoms with Crippen LogP contribution in [0.15, 0.2) is 89.0 Å². The number of pyridine rings is 1. The first-order valence-corrected chi connectivity index (χ1v) is 12.0. The van der Waals surface area contributed by atoms with Gasteiger partial charge in [0.15, 0.2) is 0 Å². The van der Waals surface area contributed by atoms with Crippen LogP contribution in [0.2, 0.25) is 0 Å². The van der Waals surface area contributed by atoms with Crippen molar-refractivity contribution in [1.29, 1.82) is 0 Å². The lowest BCUT2D eigenvalue weighted by atomic mass is 10.1. The van der Waals surface area contributed by atoms with Crippen LogP contribution in [-0.2, 0) is 16.1 Å². The molecule has 0 aliphatic rings. The highest BCUT2D eigenvalue weighted by Crippen LogP contribution is 2.20. The molecule has 0 aliphatic heterocycles. The summed E-state index contributed by atoms with van der Waals surface area (Å²) in [6.45, 7) is 0.225. The third-order valence-corrected chi connectivity index (χ3v) is 6.06. The second kappa shape index (κ2) is 11.5. The molecule has 0 saturated heterocycles. The van der Waals surface area contributed by atoms with E-state index >= 15 is 0 Å². The number of rotatable bonds is 7. The fourth-order valence-corrected chi connectivity index (χ4v) is 4.11. The van der Waals surface area contributed by atoms with Gasteiger partial charge in [-0.2, -0.15) is 0 Å². The van der Waals surface area contributed by atoms with Gasteiger partial charge in [-0.15, -0.1) is 0 Å². The Morgan fingerprint density at radius 3 is 2.54 bits per heavy atom. The van der Waals surface area contributed by atoms with E-state index in [9.17, 15) is 19.5 Å².